The summed E-state index contributed by atoms with van der Waals surface area (Å²) in [4.78, 5) is 22.7. The highest BCUT2D eigenvalue weighted by molar-refractivity contribution is 7.22. The van der Waals surface area contributed by atoms with Crippen LogP contribution in [0.4, 0.5) is 31.5 Å². The van der Waals surface area contributed by atoms with E-state index in [0.717, 1.165) is 16.2 Å². The molecule has 0 saturated carbocycles. The van der Waals surface area contributed by atoms with Crippen LogP contribution in [-0.2, 0) is 18.9 Å². The van der Waals surface area contributed by atoms with Gasteiger partial charge in [-0.3, -0.25) is 14.7 Å². The van der Waals surface area contributed by atoms with E-state index in [1.54, 1.807) is 36.4 Å². The first kappa shape index (κ1) is 22.7. The molecule has 2 aromatic heterocycles. The molecule has 0 aliphatic heterocycles. The van der Waals surface area contributed by atoms with E-state index in [0.29, 0.717) is 27.9 Å². The van der Waals surface area contributed by atoms with Gasteiger partial charge in [0.1, 0.15) is 0 Å². The summed E-state index contributed by atoms with van der Waals surface area (Å²) in [5.74, 6) is -1.05. The van der Waals surface area contributed by atoms with Crippen molar-refractivity contribution in [3.63, 3.8) is 0 Å². The number of alkyl halides is 6. The Morgan fingerprint density at radius 2 is 1.58 bits per heavy atom. The van der Waals surface area contributed by atoms with Crippen LogP contribution in [0.2, 0.25) is 0 Å². The molecule has 0 atom stereocenters. The minimum atomic E-state index is -5.07. The zero-order chi connectivity index (χ0) is 23.8. The van der Waals surface area contributed by atoms with Gasteiger partial charge >= 0.3 is 12.4 Å². The molecule has 11 heteroatoms. The molecule has 33 heavy (non-hydrogen) atoms. The number of anilines is 1. The van der Waals surface area contributed by atoms with E-state index in [2.05, 4.69) is 9.97 Å². The van der Waals surface area contributed by atoms with E-state index in [1.165, 1.54) is 12.4 Å². The Morgan fingerprint density at radius 1 is 0.909 bits per heavy atom. The van der Waals surface area contributed by atoms with Crippen molar-refractivity contribution in [1.82, 2.24) is 9.97 Å². The average Bonchev–Trinajstić information content (AvgIpc) is 3.20. The molecular weight excluding hydrogens is 468 g/mol. The second-order valence-electron chi connectivity index (χ2n) is 7.01. The SMILES string of the molecule is O=C(c1cc(C(F)(F)F)cc(C(F)(F)F)c1)N(Cc1cccnc1)c1nc2ccccc2s1. The summed E-state index contributed by atoms with van der Waals surface area (Å²) in [6.45, 7) is -0.149. The first-order chi connectivity index (χ1) is 15.5. The fourth-order valence-electron chi connectivity index (χ4n) is 3.11. The monoisotopic (exact) mass is 481 g/mol. The maximum atomic E-state index is 13.3. The molecular formula is C22H13F6N3OS. The summed E-state index contributed by atoms with van der Waals surface area (Å²) in [6, 6.07) is 11.0. The summed E-state index contributed by atoms with van der Waals surface area (Å²) in [6.07, 6.45) is -7.20. The molecule has 4 nitrogen and oxygen atoms in total. The molecule has 2 heterocycles. The van der Waals surface area contributed by atoms with Crippen molar-refractivity contribution in [3.05, 3.63) is 89.2 Å². The zero-order valence-corrected chi connectivity index (χ0v) is 17.3. The number of thiazole rings is 1. The highest BCUT2D eigenvalue weighted by atomic mass is 32.1. The van der Waals surface area contributed by atoms with E-state index in [9.17, 15) is 31.1 Å². The van der Waals surface area contributed by atoms with Crippen molar-refractivity contribution in [1.29, 1.82) is 0 Å². The number of hydrogen-bond acceptors (Lipinski definition) is 4. The lowest BCUT2D eigenvalue weighted by Gasteiger charge is -2.21. The molecule has 0 N–H and O–H groups in total. The highest BCUT2D eigenvalue weighted by Gasteiger charge is 2.38. The van der Waals surface area contributed by atoms with Crippen LogP contribution < -0.4 is 4.90 Å². The van der Waals surface area contributed by atoms with Crippen LogP contribution in [0.15, 0.2) is 67.0 Å². The van der Waals surface area contributed by atoms with Gasteiger partial charge in [-0.25, -0.2) is 4.98 Å². The van der Waals surface area contributed by atoms with Crippen LogP contribution in [0.25, 0.3) is 10.2 Å². The topological polar surface area (TPSA) is 46.1 Å². The van der Waals surface area contributed by atoms with E-state index in [4.69, 9.17) is 0 Å². The Balaban J connectivity index is 1.84. The van der Waals surface area contributed by atoms with Crippen LogP contribution in [0.1, 0.15) is 27.0 Å². The van der Waals surface area contributed by atoms with Crippen LogP contribution >= 0.6 is 11.3 Å². The molecule has 0 radical (unpaired) electrons. The molecule has 0 saturated heterocycles. The molecule has 0 unspecified atom stereocenters. The summed E-state index contributed by atoms with van der Waals surface area (Å²) in [7, 11) is 0. The lowest BCUT2D eigenvalue weighted by molar-refractivity contribution is -0.143. The van der Waals surface area contributed by atoms with Crippen LogP contribution in [0.3, 0.4) is 0 Å². The molecule has 0 aliphatic carbocycles. The quantitative estimate of drug-likeness (QED) is 0.310. The van der Waals surface area contributed by atoms with Gasteiger partial charge in [0.05, 0.1) is 27.9 Å². The van der Waals surface area contributed by atoms with Gasteiger partial charge < -0.3 is 0 Å². The first-order valence-electron chi connectivity index (χ1n) is 9.38. The molecule has 0 fully saturated rings. The van der Waals surface area contributed by atoms with Crippen LogP contribution in [0.5, 0.6) is 0 Å². The zero-order valence-electron chi connectivity index (χ0n) is 16.5. The predicted octanol–water partition coefficient (Wildman–Crippen LogP) is 6.58. The van der Waals surface area contributed by atoms with Gasteiger partial charge in [-0.05, 0) is 42.0 Å². The number of hydrogen-bond donors (Lipinski definition) is 0. The average molecular weight is 481 g/mol. The Hall–Kier alpha value is -3.47. The summed E-state index contributed by atoms with van der Waals surface area (Å²) in [5.41, 5.74) is -2.81. The van der Waals surface area contributed by atoms with Gasteiger partial charge in [-0.1, -0.05) is 29.5 Å². The minimum absolute atomic E-state index is 0.0140. The molecule has 0 spiro atoms. The Morgan fingerprint density at radius 3 is 2.15 bits per heavy atom. The third kappa shape index (κ3) is 4.98. The number of carbonyl (C=O) groups is 1. The third-order valence-corrected chi connectivity index (χ3v) is 5.72. The number of benzene rings is 2. The number of fused-ring (bicyclic) bond motifs is 1. The van der Waals surface area contributed by atoms with Crippen LogP contribution in [0, 0.1) is 0 Å². The van der Waals surface area contributed by atoms with Crippen molar-refractivity contribution in [2.75, 3.05) is 4.90 Å². The number of carbonyl (C=O) groups excluding carboxylic acids is 1. The van der Waals surface area contributed by atoms with E-state index >= 15 is 0 Å². The predicted molar refractivity (Wildman–Crippen MR) is 111 cm³/mol. The molecule has 4 aromatic rings. The minimum Gasteiger partial charge on any atom is -0.279 e. The number of rotatable bonds is 4. The van der Waals surface area contributed by atoms with E-state index < -0.39 is 35.0 Å². The normalized spacial score (nSPS) is 12.2. The molecule has 0 bridgehead atoms. The number of pyridine rings is 1. The largest absolute Gasteiger partial charge is 0.416 e. The van der Waals surface area contributed by atoms with Gasteiger partial charge in [0.25, 0.3) is 5.91 Å². The maximum absolute atomic E-state index is 13.3. The first-order valence-corrected chi connectivity index (χ1v) is 10.2. The highest BCUT2D eigenvalue weighted by Crippen LogP contribution is 2.37. The smallest absolute Gasteiger partial charge is 0.279 e. The standard InChI is InChI=1S/C22H13F6N3OS/c23-21(24,25)15-8-14(9-16(10-15)22(26,27)28)19(32)31(12-13-4-3-7-29-11-13)20-30-17-5-1-2-6-18(17)33-20/h1-11H,12H2. The second kappa shape index (κ2) is 8.47. The van der Waals surface area contributed by atoms with Gasteiger partial charge in [-0.15, -0.1) is 0 Å². The Kier molecular flexibility index (Phi) is 5.83. The van der Waals surface area contributed by atoms with Crippen molar-refractivity contribution < 1.29 is 31.1 Å². The second-order valence-corrected chi connectivity index (χ2v) is 8.02. The van der Waals surface area contributed by atoms with Crippen LogP contribution in [-0.4, -0.2) is 15.9 Å². The fourth-order valence-corrected chi connectivity index (χ4v) is 4.07. The fraction of sp³-hybridized carbons (Fsp3) is 0.136. The number of halogens is 6. The van der Waals surface area contributed by atoms with Crippen molar-refractivity contribution in [3.8, 4) is 0 Å². The van der Waals surface area contributed by atoms with Gasteiger partial charge in [-0.2, -0.15) is 26.3 Å². The molecule has 1 amide bonds. The van der Waals surface area contributed by atoms with Gasteiger partial charge in [0.15, 0.2) is 5.13 Å². The Bertz CT molecular complexity index is 1240. The Labute approximate surface area is 187 Å². The number of amides is 1. The summed E-state index contributed by atoms with van der Waals surface area (Å²) < 4.78 is 80.5. The van der Waals surface area contributed by atoms with Crippen molar-refractivity contribution in [2.45, 2.75) is 18.9 Å². The lowest BCUT2D eigenvalue weighted by atomic mass is 10.0. The summed E-state index contributed by atoms with van der Waals surface area (Å²) >= 11 is 1.10. The van der Waals surface area contributed by atoms with E-state index in [-0.39, 0.29) is 17.7 Å². The summed E-state index contributed by atoms with van der Waals surface area (Å²) in [5, 5.41) is 0.135. The lowest BCUT2D eigenvalue weighted by Crippen LogP contribution is -2.31. The third-order valence-electron chi connectivity index (χ3n) is 4.66. The van der Waals surface area contributed by atoms with Crippen molar-refractivity contribution in [2.24, 2.45) is 0 Å². The van der Waals surface area contributed by atoms with Gasteiger partial charge in [0, 0.05) is 18.0 Å². The molecule has 2 aromatic carbocycles. The number of nitrogens with zero attached hydrogens (tertiary/aromatic N) is 3. The maximum Gasteiger partial charge on any atom is 0.416 e. The molecule has 4 rings (SSSR count). The number of para-hydroxylation sites is 1. The molecule has 0 aliphatic rings. The van der Waals surface area contributed by atoms with Crippen molar-refractivity contribution >= 4 is 32.6 Å². The van der Waals surface area contributed by atoms with E-state index in [1.807, 2.05) is 0 Å². The molecule has 170 valence electrons. The number of aromatic nitrogens is 2. The van der Waals surface area contributed by atoms with Gasteiger partial charge in [0.2, 0.25) is 0 Å².